The maximum atomic E-state index is 10.8. The van der Waals surface area contributed by atoms with Crippen LogP contribution in [-0.4, -0.2) is 12.8 Å². The van der Waals surface area contributed by atoms with Crippen LogP contribution in [0.3, 0.4) is 0 Å². The first-order chi connectivity index (χ1) is 9.69. The molecule has 100 valence electrons. The van der Waals surface area contributed by atoms with Gasteiger partial charge in [-0.25, -0.2) is 0 Å². The van der Waals surface area contributed by atoms with Gasteiger partial charge in [-0.1, -0.05) is 12.1 Å². The quantitative estimate of drug-likeness (QED) is 0.788. The summed E-state index contributed by atoms with van der Waals surface area (Å²) in [5, 5.41) is 9.29. The average Bonchev–Trinajstić information content (AvgIpc) is 2.48. The van der Waals surface area contributed by atoms with Crippen molar-refractivity contribution in [1.82, 2.24) is 0 Å². The van der Waals surface area contributed by atoms with E-state index in [1.165, 1.54) is 5.56 Å². The third kappa shape index (κ3) is 2.70. The predicted octanol–water partition coefficient (Wildman–Crippen LogP) is 3.84. The van der Waals surface area contributed by atoms with Crippen LogP contribution in [0.5, 0.6) is 0 Å². The second-order valence-corrected chi connectivity index (χ2v) is 4.59. The van der Waals surface area contributed by atoms with E-state index in [0.29, 0.717) is 11.1 Å². The molecule has 0 aliphatic carbocycles. The number of nitriles is 1. The second kappa shape index (κ2) is 6.03. The second-order valence-electron chi connectivity index (χ2n) is 4.59. The molecule has 0 aliphatic heterocycles. The zero-order chi connectivity index (χ0) is 14.5. The third-order valence-electron chi connectivity index (χ3n) is 3.20. The topological polar surface area (TPSA) is 44.1 Å². The summed E-state index contributed by atoms with van der Waals surface area (Å²) in [5.41, 5.74) is 4.07. The molecule has 20 heavy (non-hydrogen) atoms. The van der Waals surface area contributed by atoms with Crippen LogP contribution in [0.25, 0.3) is 0 Å². The summed E-state index contributed by atoms with van der Waals surface area (Å²) >= 11 is 0. The Hall–Kier alpha value is -2.60. The lowest BCUT2D eigenvalue weighted by molar-refractivity contribution is 0.112. The van der Waals surface area contributed by atoms with E-state index >= 15 is 0 Å². The summed E-state index contributed by atoms with van der Waals surface area (Å²) in [6, 6.07) is 15.5. The lowest BCUT2D eigenvalue weighted by atomic mass is 10.1. The molecule has 0 bridgehead atoms. The molecule has 0 amide bonds. The molecular formula is C17H16N2O. The van der Waals surface area contributed by atoms with E-state index in [9.17, 15) is 10.1 Å². The minimum Gasteiger partial charge on any atom is -0.341 e. The summed E-state index contributed by atoms with van der Waals surface area (Å²) in [5.74, 6) is 0. The molecule has 0 heterocycles. The minimum atomic E-state index is 0.512. The van der Waals surface area contributed by atoms with Crippen molar-refractivity contribution >= 4 is 17.7 Å². The van der Waals surface area contributed by atoms with Gasteiger partial charge in [-0.15, -0.1) is 0 Å². The van der Waals surface area contributed by atoms with Crippen molar-refractivity contribution in [2.45, 2.75) is 13.8 Å². The molecule has 2 aromatic carbocycles. The van der Waals surface area contributed by atoms with Crippen LogP contribution >= 0.6 is 0 Å². The smallest absolute Gasteiger partial charge is 0.150 e. The van der Waals surface area contributed by atoms with Crippen molar-refractivity contribution in [3.63, 3.8) is 0 Å². The Balaban J connectivity index is 2.52. The molecule has 0 N–H and O–H groups in total. The molecule has 0 aliphatic rings. The van der Waals surface area contributed by atoms with Gasteiger partial charge in [-0.3, -0.25) is 4.79 Å². The Bertz CT molecular complexity index is 671. The fraction of sp³-hybridized carbons (Fsp3) is 0.176. The molecule has 2 rings (SSSR count). The SMILES string of the molecule is CCN(c1cccc(C)c1)c1ccc(C=O)cc1C#N. The van der Waals surface area contributed by atoms with Crippen molar-refractivity contribution in [2.75, 3.05) is 11.4 Å². The number of carbonyl (C=O) groups is 1. The van der Waals surface area contributed by atoms with Gasteiger partial charge in [-0.05, 0) is 49.7 Å². The Kier molecular flexibility index (Phi) is 4.17. The summed E-state index contributed by atoms with van der Waals surface area (Å²) in [6.45, 7) is 4.83. The van der Waals surface area contributed by atoms with Gasteiger partial charge in [0.2, 0.25) is 0 Å². The summed E-state index contributed by atoms with van der Waals surface area (Å²) in [7, 11) is 0. The van der Waals surface area contributed by atoms with Crippen LogP contribution in [0.15, 0.2) is 42.5 Å². The number of rotatable bonds is 4. The van der Waals surface area contributed by atoms with Gasteiger partial charge in [0.15, 0.2) is 0 Å². The van der Waals surface area contributed by atoms with Crippen LogP contribution in [-0.2, 0) is 0 Å². The lowest BCUT2D eigenvalue weighted by Gasteiger charge is -2.24. The highest BCUT2D eigenvalue weighted by Crippen LogP contribution is 2.29. The highest BCUT2D eigenvalue weighted by Gasteiger charge is 2.12. The lowest BCUT2D eigenvalue weighted by Crippen LogP contribution is -2.17. The largest absolute Gasteiger partial charge is 0.341 e. The minimum absolute atomic E-state index is 0.512. The standard InChI is InChI=1S/C17H16N2O/c1-3-19(16-6-4-5-13(2)9-16)17-8-7-14(12-20)10-15(17)11-18/h4-10,12H,3H2,1-2H3. The summed E-state index contributed by atoms with van der Waals surface area (Å²) in [6.07, 6.45) is 0.758. The molecule has 0 aromatic heterocycles. The molecule has 0 radical (unpaired) electrons. The van der Waals surface area contributed by atoms with Gasteiger partial charge in [0.25, 0.3) is 0 Å². The highest BCUT2D eigenvalue weighted by molar-refractivity contribution is 5.79. The highest BCUT2D eigenvalue weighted by atomic mass is 16.1. The van der Waals surface area contributed by atoms with E-state index < -0.39 is 0 Å². The number of anilines is 2. The number of hydrogen-bond donors (Lipinski definition) is 0. The van der Waals surface area contributed by atoms with Gasteiger partial charge in [0, 0.05) is 17.8 Å². The van der Waals surface area contributed by atoms with Crippen molar-refractivity contribution < 1.29 is 4.79 Å². The number of hydrogen-bond acceptors (Lipinski definition) is 3. The maximum absolute atomic E-state index is 10.8. The average molecular weight is 264 g/mol. The van der Waals surface area contributed by atoms with E-state index in [2.05, 4.69) is 17.0 Å². The number of nitrogens with zero attached hydrogens (tertiary/aromatic N) is 2. The maximum Gasteiger partial charge on any atom is 0.150 e. The van der Waals surface area contributed by atoms with E-state index in [-0.39, 0.29) is 0 Å². The van der Waals surface area contributed by atoms with Crippen LogP contribution in [0, 0.1) is 18.3 Å². The van der Waals surface area contributed by atoms with E-state index in [4.69, 9.17) is 0 Å². The van der Waals surface area contributed by atoms with Gasteiger partial charge < -0.3 is 4.90 Å². The first-order valence-corrected chi connectivity index (χ1v) is 6.53. The van der Waals surface area contributed by atoms with E-state index in [1.54, 1.807) is 12.1 Å². The fourth-order valence-corrected chi connectivity index (χ4v) is 2.24. The molecule has 0 spiro atoms. The Morgan fingerprint density at radius 2 is 2.05 bits per heavy atom. The zero-order valence-electron chi connectivity index (χ0n) is 11.6. The molecule has 0 saturated carbocycles. The van der Waals surface area contributed by atoms with Crippen LogP contribution < -0.4 is 4.90 Å². The summed E-state index contributed by atoms with van der Waals surface area (Å²) < 4.78 is 0. The third-order valence-corrected chi connectivity index (χ3v) is 3.20. The Labute approximate surface area is 119 Å². The molecule has 2 aromatic rings. The Morgan fingerprint density at radius 1 is 1.25 bits per heavy atom. The van der Waals surface area contributed by atoms with Crippen LogP contribution in [0.2, 0.25) is 0 Å². The molecule has 3 nitrogen and oxygen atoms in total. The number of aryl methyl sites for hydroxylation is 1. The van der Waals surface area contributed by atoms with Gasteiger partial charge in [0.1, 0.15) is 12.4 Å². The number of benzene rings is 2. The Morgan fingerprint density at radius 3 is 2.65 bits per heavy atom. The predicted molar refractivity (Wildman–Crippen MR) is 80.4 cm³/mol. The molecule has 0 atom stereocenters. The van der Waals surface area contributed by atoms with Gasteiger partial charge >= 0.3 is 0 Å². The van der Waals surface area contributed by atoms with Crippen molar-refractivity contribution in [3.05, 3.63) is 59.2 Å². The first kappa shape index (κ1) is 13.8. The first-order valence-electron chi connectivity index (χ1n) is 6.53. The molecule has 0 fully saturated rings. The normalized spacial score (nSPS) is 9.85. The van der Waals surface area contributed by atoms with Crippen molar-refractivity contribution in [2.24, 2.45) is 0 Å². The van der Waals surface area contributed by atoms with Crippen molar-refractivity contribution in [1.29, 1.82) is 5.26 Å². The van der Waals surface area contributed by atoms with E-state index in [0.717, 1.165) is 24.2 Å². The van der Waals surface area contributed by atoms with Crippen molar-refractivity contribution in [3.8, 4) is 6.07 Å². The summed E-state index contributed by atoms with van der Waals surface area (Å²) in [4.78, 5) is 12.9. The fourth-order valence-electron chi connectivity index (χ4n) is 2.24. The van der Waals surface area contributed by atoms with Crippen LogP contribution in [0.4, 0.5) is 11.4 Å². The number of carbonyl (C=O) groups excluding carboxylic acids is 1. The van der Waals surface area contributed by atoms with Crippen LogP contribution in [0.1, 0.15) is 28.4 Å². The zero-order valence-corrected chi connectivity index (χ0v) is 11.6. The van der Waals surface area contributed by atoms with E-state index in [1.807, 2.05) is 38.1 Å². The van der Waals surface area contributed by atoms with Gasteiger partial charge in [0.05, 0.1) is 11.3 Å². The molecule has 0 unspecified atom stereocenters. The molecular weight excluding hydrogens is 248 g/mol. The van der Waals surface area contributed by atoms with Gasteiger partial charge in [-0.2, -0.15) is 5.26 Å². The molecule has 3 heteroatoms. The molecule has 0 saturated heterocycles. The number of aldehydes is 1. The monoisotopic (exact) mass is 264 g/mol.